The maximum Gasteiger partial charge on any atom is 0.421 e. The summed E-state index contributed by atoms with van der Waals surface area (Å²) in [5, 5.41) is 10.3. The van der Waals surface area contributed by atoms with Crippen molar-refractivity contribution in [3.8, 4) is 0 Å². The highest BCUT2D eigenvalue weighted by Gasteiger charge is 2.35. The topological polar surface area (TPSA) is 100 Å². The fourth-order valence-electron chi connectivity index (χ4n) is 4.26. The molecule has 0 bridgehead atoms. The molecule has 2 aliphatic rings. The van der Waals surface area contributed by atoms with Crippen LogP contribution in [-0.2, 0) is 15.7 Å². The van der Waals surface area contributed by atoms with E-state index in [1.54, 1.807) is 4.90 Å². The number of nitrogens with one attached hydrogen (secondary N) is 2. The summed E-state index contributed by atoms with van der Waals surface area (Å²) < 4.78 is 47.8. The molecule has 0 unspecified atom stereocenters. The number of nitrogens with zero attached hydrogens (tertiary/aromatic N) is 6. The molecule has 2 aliphatic heterocycles. The summed E-state index contributed by atoms with van der Waals surface area (Å²) in [4.78, 5) is 23.9. The van der Waals surface area contributed by atoms with Crippen LogP contribution in [0.15, 0.2) is 12.4 Å². The van der Waals surface area contributed by atoms with Crippen molar-refractivity contribution in [1.29, 1.82) is 0 Å². The maximum absolute atomic E-state index is 13.6. The normalized spacial score (nSPS) is 19.7. The van der Waals surface area contributed by atoms with E-state index < -0.39 is 11.7 Å². The lowest BCUT2D eigenvalue weighted by Gasteiger charge is -2.20. The molecule has 2 N–H and O–H groups in total. The van der Waals surface area contributed by atoms with Crippen LogP contribution in [0.25, 0.3) is 0 Å². The number of aromatic nitrogens is 4. The minimum Gasteiger partial charge on any atom is -0.379 e. The third-order valence-corrected chi connectivity index (χ3v) is 6.21. The minimum absolute atomic E-state index is 0.00725. The number of aryl methyl sites for hydroxylation is 1. The van der Waals surface area contributed by atoms with Crippen LogP contribution in [0.3, 0.4) is 0 Å². The Bertz CT molecular complexity index is 1030. The van der Waals surface area contributed by atoms with Crippen LogP contribution in [0.5, 0.6) is 0 Å². The van der Waals surface area contributed by atoms with Gasteiger partial charge in [-0.3, -0.25) is 9.48 Å². The molecular weight excluding hydrogens is 465 g/mol. The summed E-state index contributed by atoms with van der Waals surface area (Å²) in [5.74, 6) is -0.262. The van der Waals surface area contributed by atoms with Crippen molar-refractivity contribution in [2.75, 3.05) is 63.6 Å². The van der Waals surface area contributed by atoms with E-state index in [9.17, 15) is 18.0 Å². The fraction of sp³-hybridized carbons (Fsp3) is 0.636. The molecule has 13 heteroatoms. The monoisotopic (exact) mass is 496 g/mol. The number of rotatable bonds is 8. The SMILES string of the molecule is Cc1nn([C@@H]2CCN(C)C2)cc1Nc1ncc(C(F)(F)F)c(NCCCN2CCOCCC2=O)n1. The molecule has 0 aliphatic carbocycles. The zero-order valence-corrected chi connectivity index (χ0v) is 19.9. The van der Waals surface area contributed by atoms with E-state index >= 15 is 0 Å². The number of likely N-dealkylation sites (N-methyl/N-ethyl adjacent to an activating group) is 1. The molecule has 0 radical (unpaired) electrons. The molecule has 0 aromatic carbocycles. The van der Waals surface area contributed by atoms with Crippen LogP contribution in [0.2, 0.25) is 0 Å². The second-order valence-electron chi connectivity index (χ2n) is 8.92. The van der Waals surface area contributed by atoms with Crippen molar-refractivity contribution in [1.82, 2.24) is 29.5 Å². The van der Waals surface area contributed by atoms with Gasteiger partial charge in [0.2, 0.25) is 11.9 Å². The van der Waals surface area contributed by atoms with Gasteiger partial charge in [-0.25, -0.2) is 4.98 Å². The quantitative estimate of drug-likeness (QED) is 0.538. The minimum atomic E-state index is -4.60. The first-order valence-corrected chi connectivity index (χ1v) is 11.8. The smallest absolute Gasteiger partial charge is 0.379 e. The number of ether oxygens (including phenoxy) is 1. The van der Waals surface area contributed by atoms with Gasteiger partial charge in [0.15, 0.2) is 0 Å². The molecule has 2 fully saturated rings. The first-order chi connectivity index (χ1) is 16.7. The van der Waals surface area contributed by atoms with E-state index in [1.807, 2.05) is 17.8 Å². The van der Waals surface area contributed by atoms with Crippen LogP contribution in [0.1, 0.15) is 36.6 Å². The third kappa shape index (κ3) is 6.40. The Morgan fingerprint density at radius 3 is 2.83 bits per heavy atom. The standard InChI is InChI=1S/C22H31F3N8O2/c1-15-18(14-33(30-15)16-4-8-31(2)13-16)28-21-27-12-17(22(23,24)25)20(29-21)26-6-3-7-32-9-11-35-10-5-19(32)34/h12,14,16H,3-11,13H2,1-2H3,(H2,26,27,28,29)/t16-/m1/s1. The fourth-order valence-corrected chi connectivity index (χ4v) is 4.26. The Labute approximate surface area is 201 Å². The molecule has 2 aromatic heterocycles. The Balaban J connectivity index is 1.42. The third-order valence-electron chi connectivity index (χ3n) is 6.21. The summed E-state index contributed by atoms with van der Waals surface area (Å²) in [6.45, 7) is 5.71. The van der Waals surface area contributed by atoms with Gasteiger partial charge in [0.25, 0.3) is 0 Å². The van der Waals surface area contributed by atoms with Gasteiger partial charge in [-0.05, 0) is 33.4 Å². The highest BCUT2D eigenvalue weighted by molar-refractivity contribution is 5.76. The predicted octanol–water partition coefficient (Wildman–Crippen LogP) is 2.67. The van der Waals surface area contributed by atoms with Crippen LogP contribution in [0.4, 0.5) is 30.6 Å². The van der Waals surface area contributed by atoms with Crippen molar-refractivity contribution in [3.63, 3.8) is 0 Å². The van der Waals surface area contributed by atoms with Gasteiger partial charge >= 0.3 is 6.18 Å². The number of carbonyl (C=O) groups is 1. The van der Waals surface area contributed by atoms with Crippen molar-refractivity contribution < 1.29 is 22.7 Å². The average molecular weight is 497 g/mol. The van der Waals surface area contributed by atoms with E-state index in [4.69, 9.17) is 4.74 Å². The van der Waals surface area contributed by atoms with Crippen molar-refractivity contribution in [2.24, 2.45) is 0 Å². The first kappa shape index (κ1) is 25.2. The van der Waals surface area contributed by atoms with Gasteiger partial charge in [-0.15, -0.1) is 0 Å². The molecule has 10 nitrogen and oxygen atoms in total. The van der Waals surface area contributed by atoms with E-state index in [0.29, 0.717) is 50.5 Å². The summed E-state index contributed by atoms with van der Waals surface area (Å²) >= 11 is 0. The molecule has 35 heavy (non-hydrogen) atoms. The first-order valence-electron chi connectivity index (χ1n) is 11.8. The number of carbonyl (C=O) groups excluding carboxylic acids is 1. The zero-order valence-electron chi connectivity index (χ0n) is 19.9. The molecule has 1 atom stereocenters. The molecule has 4 heterocycles. The predicted molar refractivity (Wildman–Crippen MR) is 124 cm³/mol. The number of alkyl halides is 3. The lowest BCUT2D eigenvalue weighted by atomic mass is 10.2. The second-order valence-corrected chi connectivity index (χ2v) is 8.92. The van der Waals surface area contributed by atoms with Crippen LogP contribution >= 0.6 is 0 Å². The van der Waals surface area contributed by atoms with Crippen molar-refractivity contribution >= 4 is 23.4 Å². The molecule has 1 amide bonds. The Morgan fingerprint density at radius 2 is 2.09 bits per heavy atom. The molecular formula is C22H31F3N8O2. The summed E-state index contributed by atoms with van der Waals surface area (Å²) in [6, 6.07) is 0.252. The van der Waals surface area contributed by atoms with Crippen molar-refractivity contribution in [3.05, 3.63) is 23.7 Å². The van der Waals surface area contributed by atoms with Gasteiger partial charge in [-0.2, -0.15) is 23.3 Å². The summed E-state index contributed by atoms with van der Waals surface area (Å²) in [6.07, 6.45) is -0.210. The molecule has 0 spiro atoms. The molecule has 0 saturated carbocycles. The molecule has 4 rings (SSSR count). The van der Waals surface area contributed by atoms with Crippen LogP contribution < -0.4 is 10.6 Å². The Kier molecular flexibility index (Phi) is 7.75. The number of amides is 1. The Morgan fingerprint density at radius 1 is 1.26 bits per heavy atom. The highest BCUT2D eigenvalue weighted by atomic mass is 19.4. The van der Waals surface area contributed by atoms with E-state index in [2.05, 4.69) is 37.6 Å². The van der Waals surface area contributed by atoms with Crippen molar-refractivity contribution in [2.45, 2.75) is 38.4 Å². The van der Waals surface area contributed by atoms with Gasteiger partial charge in [-0.1, -0.05) is 0 Å². The summed E-state index contributed by atoms with van der Waals surface area (Å²) in [7, 11) is 2.06. The maximum atomic E-state index is 13.6. The van der Waals surface area contributed by atoms with Gasteiger partial charge in [0.05, 0.1) is 37.1 Å². The van der Waals surface area contributed by atoms with Gasteiger partial charge in [0.1, 0.15) is 11.4 Å². The number of anilines is 3. The van der Waals surface area contributed by atoms with Gasteiger partial charge in [0, 0.05) is 38.6 Å². The number of hydrogen-bond donors (Lipinski definition) is 2. The van der Waals surface area contributed by atoms with E-state index in [1.165, 1.54) is 0 Å². The number of halogens is 3. The van der Waals surface area contributed by atoms with Crippen LogP contribution in [-0.4, -0.2) is 88.4 Å². The van der Waals surface area contributed by atoms with Crippen LogP contribution in [0, 0.1) is 6.92 Å². The lowest BCUT2D eigenvalue weighted by molar-refractivity contribution is -0.137. The highest BCUT2D eigenvalue weighted by Crippen LogP contribution is 2.34. The summed E-state index contributed by atoms with van der Waals surface area (Å²) in [5.41, 5.74) is 0.416. The van der Waals surface area contributed by atoms with E-state index in [0.717, 1.165) is 25.7 Å². The molecule has 2 aromatic rings. The average Bonchev–Trinajstić information content (AvgIpc) is 3.32. The number of hydrogen-bond acceptors (Lipinski definition) is 8. The Hall–Kier alpha value is -2.93. The lowest BCUT2D eigenvalue weighted by Crippen LogP contribution is -2.33. The molecule has 192 valence electrons. The second kappa shape index (κ2) is 10.8. The largest absolute Gasteiger partial charge is 0.421 e. The zero-order chi connectivity index (χ0) is 25.0. The molecule has 2 saturated heterocycles. The van der Waals surface area contributed by atoms with Gasteiger partial charge < -0.3 is 25.2 Å². The van der Waals surface area contributed by atoms with E-state index in [-0.39, 0.29) is 30.3 Å². The number of likely N-dealkylation sites (tertiary alicyclic amines) is 1.